The van der Waals surface area contributed by atoms with Crippen LogP contribution in [0.15, 0.2) is 18.2 Å². The first kappa shape index (κ1) is 11.7. The molecule has 16 heavy (non-hydrogen) atoms. The third kappa shape index (κ3) is 2.15. The fourth-order valence-electron chi connectivity index (χ4n) is 2.76. The van der Waals surface area contributed by atoms with Gasteiger partial charge in [-0.2, -0.15) is 0 Å². The Balaban J connectivity index is 2.46. The van der Waals surface area contributed by atoms with Gasteiger partial charge < -0.3 is 5.11 Å². The van der Waals surface area contributed by atoms with E-state index < -0.39 is 0 Å². The predicted octanol–water partition coefficient (Wildman–Crippen LogP) is 3.74. The molecule has 2 rings (SSSR count). The summed E-state index contributed by atoms with van der Waals surface area (Å²) in [5, 5.41) is 9.63. The lowest BCUT2D eigenvalue weighted by molar-refractivity contribution is 0.199. The SMILES string of the molecule is CC(O)c1ccc2c(c1)CCCCC2(C)C. The van der Waals surface area contributed by atoms with Crippen LogP contribution in [0.25, 0.3) is 0 Å². The Morgan fingerprint density at radius 2 is 2.00 bits per heavy atom. The molecular weight excluding hydrogens is 196 g/mol. The number of benzene rings is 1. The Hall–Kier alpha value is -0.820. The van der Waals surface area contributed by atoms with Gasteiger partial charge in [-0.05, 0) is 48.3 Å². The molecule has 1 aliphatic carbocycles. The van der Waals surface area contributed by atoms with E-state index in [-0.39, 0.29) is 6.10 Å². The summed E-state index contributed by atoms with van der Waals surface area (Å²) in [4.78, 5) is 0. The van der Waals surface area contributed by atoms with Crippen LogP contribution in [0, 0.1) is 0 Å². The van der Waals surface area contributed by atoms with Gasteiger partial charge in [0.05, 0.1) is 6.10 Å². The van der Waals surface area contributed by atoms with Crippen LogP contribution in [-0.2, 0) is 11.8 Å². The van der Waals surface area contributed by atoms with Crippen molar-refractivity contribution < 1.29 is 5.11 Å². The van der Waals surface area contributed by atoms with Gasteiger partial charge in [-0.3, -0.25) is 0 Å². The molecule has 0 saturated carbocycles. The van der Waals surface area contributed by atoms with Crippen molar-refractivity contribution in [1.29, 1.82) is 0 Å². The Bertz CT molecular complexity index is 377. The number of hydrogen-bond donors (Lipinski definition) is 1. The van der Waals surface area contributed by atoms with Crippen molar-refractivity contribution in [2.24, 2.45) is 0 Å². The zero-order chi connectivity index (χ0) is 11.8. The number of aliphatic hydroxyl groups is 1. The van der Waals surface area contributed by atoms with E-state index in [1.54, 1.807) is 0 Å². The van der Waals surface area contributed by atoms with Gasteiger partial charge in [0.2, 0.25) is 0 Å². The van der Waals surface area contributed by atoms with Gasteiger partial charge in [0, 0.05) is 0 Å². The summed E-state index contributed by atoms with van der Waals surface area (Å²) < 4.78 is 0. The molecule has 0 saturated heterocycles. The molecule has 0 fully saturated rings. The first-order valence-corrected chi connectivity index (χ1v) is 6.32. The van der Waals surface area contributed by atoms with Crippen LogP contribution < -0.4 is 0 Å². The van der Waals surface area contributed by atoms with Gasteiger partial charge in [-0.15, -0.1) is 0 Å². The fraction of sp³-hybridized carbons (Fsp3) is 0.600. The molecule has 0 heterocycles. The predicted molar refractivity (Wildman–Crippen MR) is 67.7 cm³/mol. The molecule has 1 aromatic rings. The highest BCUT2D eigenvalue weighted by molar-refractivity contribution is 5.38. The van der Waals surface area contributed by atoms with Crippen molar-refractivity contribution in [3.63, 3.8) is 0 Å². The zero-order valence-corrected chi connectivity index (χ0v) is 10.6. The number of rotatable bonds is 1. The Morgan fingerprint density at radius 3 is 2.69 bits per heavy atom. The van der Waals surface area contributed by atoms with E-state index in [4.69, 9.17) is 0 Å². The van der Waals surface area contributed by atoms with Crippen LogP contribution in [0.1, 0.15) is 62.8 Å². The molecule has 0 amide bonds. The summed E-state index contributed by atoms with van der Waals surface area (Å²) >= 11 is 0. The van der Waals surface area contributed by atoms with Crippen LogP contribution in [0.5, 0.6) is 0 Å². The lowest BCUT2D eigenvalue weighted by Crippen LogP contribution is -2.17. The minimum Gasteiger partial charge on any atom is -0.389 e. The van der Waals surface area contributed by atoms with Gasteiger partial charge in [0.1, 0.15) is 0 Å². The number of fused-ring (bicyclic) bond motifs is 1. The second-order valence-electron chi connectivity index (χ2n) is 5.68. The average Bonchev–Trinajstić information content (AvgIpc) is 2.37. The van der Waals surface area contributed by atoms with Crippen LogP contribution in [0.2, 0.25) is 0 Å². The minimum atomic E-state index is -0.350. The van der Waals surface area contributed by atoms with E-state index in [0.29, 0.717) is 5.41 Å². The van der Waals surface area contributed by atoms with Crippen molar-refractivity contribution in [3.8, 4) is 0 Å². The van der Waals surface area contributed by atoms with Gasteiger partial charge in [0.15, 0.2) is 0 Å². The molecule has 1 aliphatic rings. The zero-order valence-electron chi connectivity index (χ0n) is 10.6. The lowest BCUT2D eigenvalue weighted by atomic mass is 9.79. The maximum atomic E-state index is 9.63. The largest absolute Gasteiger partial charge is 0.389 e. The maximum Gasteiger partial charge on any atom is 0.0762 e. The minimum absolute atomic E-state index is 0.295. The van der Waals surface area contributed by atoms with E-state index >= 15 is 0 Å². The van der Waals surface area contributed by atoms with Crippen LogP contribution in [0.4, 0.5) is 0 Å². The lowest BCUT2D eigenvalue weighted by Gasteiger charge is -2.26. The highest BCUT2D eigenvalue weighted by atomic mass is 16.3. The summed E-state index contributed by atoms with van der Waals surface area (Å²) in [7, 11) is 0. The quantitative estimate of drug-likeness (QED) is 0.712. The van der Waals surface area contributed by atoms with E-state index in [1.807, 2.05) is 6.92 Å². The summed E-state index contributed by atoms with van der Waals surface area (Å²) in [5.41, 5.74) is 4.27. The molecule has 0 radical (unpaired) electrons. The second kappa shape index (κ2) is 4.21. The molecule has 1 unspecified atom stereocenters. The smallest absolute Gasteiger partial charge is 0.0762 e. The summed E-state index contributed by atoms with van der Waals surface area (Å²) in [6, 6.07) is 6.51. The number of aliphatic hydroxyl groups excluding tert-OH is 1. The van der Waals surface area contributed by atoms with Gasteiger partial charge in [-0.25, -0.2) is 0 Å². The molecule has 0 aliphatic heterocycles. The summed E-state index contributed by atoms with van der Waals surface area (Å²) in [6.07, 6.45) is 4.68. The first-order chi connectivity index (χ1) is 7.50. The second-order valence-corrected chi connectivity index (χ2v) is 5.68. The van der Waals surface area contributed by atoms with E-state index in [9.17, 15) is 5.11 Å². The van der Waals surface area contributed by atoms with Crippen molar-refractivity contribution in [1.82, 2.24) is 0 Å². The number of hydrogen-bond acceptors (Lipinski definition) is 1. The molecule has 1 heteroatoms. The third-order valence-corrected chi connectivity index (χ3v) is 3.84. The van der Waals surface area contributed by atoms with Crippen molar-refractivity contribution >= 4 is 0 Å². The molecule has 0 spiro atoms. The molecule has 0 aromatic heterocycles. The topological polar surface area (TPSA) is 20.2 Å². The molecule has 1 atom stereocenters. The molecule has 1 N–H and O–H groups in total. The van der Waals surface area contributed by atoms with Crippen molar-refractivity contribution in [2.75, 3.05) is 0 Å². The summed E-state index contributed by atoms with van der Waals surface area (Å²) in [5.74, 6) is 0. The van der Waals surface area contributed by atoms with Crippen LogP contribution in [0.3, 0.4) is 0 Å². The number of aryl methyl sites for hydroxylation is 1. The normalized spacial score (nSPS) is 21.0. The highest BCUT2D eigenvalue weighted by Gasteiger charge is 2.25. The van der Waals surface area contributed by atoms with Crippen LogP contribution >= 0.6 is 0 Å². The molecule has 1 nitrogen and oxygen atoms in total. The fourth-order valence-corrected chi connectivity index (χ4v) is 2.76. The Morgan fingerprint density at radius 1 is 1.25 bits per heavy atom. The molecule has 1 aromatic carbocycles. The van der Waals surface area contributed by atoms with E-state index in [1.165, 1.54) is 36.8 Å². The Kier molecular flexibility index (Phi) is 3.07. The monoisotopic (exact) mass is 218 g/mol. The van der Waals surface area contributed by atoms with Gasteiger partial charge >= 0.3 is 0 Å². The molecular formula is C15H22O. The first-order valence-electron chi connectivity index (χ1n) is 6.32. The standard InChI is InChI=1S/C15H22O/c1-11(16)12-7-8-14-13(10-12)6-4-5-9-15(14,2)3/h7-8,10-11,16H,4-6,9H2,1-3H3. The van der Waals surface area contributed by atoms with Crippen LogP contribution in [-0.4, -0.2) is 5.11 Å². The van der Waals surface area contributed by atoms with Crippen molar-refractivity contribution in [2.45, 2.75) is 58.0 Å². The summed E-state index contributed by atoms with van der Waals surface area (Å²) in [6.45, 7) is 6.50. The molecule has 88 valence electrons. The average molecular weight is 218 g/mol. The van der Waals surface area contributed by atoms with E-state index in [0.717, 1.165) is 5.56 Å². The highest BCUT2D eigenvalue weighted by Crippen LogP contribution is 2.36. The Labute approximate surface area is 98.5 Å². The third-order valence-electron chi connectivity index (χ3n) is 3.84. The maximum absolute atomic E-state index is 9.63. The van der Waals surface area contributed by atoms with Crippen molar-refractivity contribution in [3.05, 3.63) is 34.9 Å². The van der Waals surface area contributed by atoms with E-state index in [2.05, 4.69) is 32.0 Å². The van der Waals surface area contributed by atoms with Gasteiger partial charge in [-0.1, -0.05) is 38.5 Å². The van der Waals surface area contributed by atoms with Gasteiger partial charge in [0.25, 0.3) is 0 Å². The molecule has 0 bridgehead atoms.